The van der Waals surface area contributed by atoms with Gasteiger partial charge in [-0.15, -0.1) is 0 Å². The Morgan fingerprint density at radius 2 is 1.73 bits per heavy atom. The van der Waals surface area contributed by atoms with E-state index in [0.29, 0.717) is 18.7 Å². The van der Waals surface area contributed by atoms with Gasteiger partial charge in [-0.05, 0) is 59.9 Å². The maximum Gasteiger partial charge on any atom is 0.153 e. The molecule has 0 aliphatic carbocycles. The Hall–Kier alpha value is 0.130. The molecular formula is C10H8Br3NO. The van der Waals surface area contributed by atoms with E-state index in [0.717, 1.165) is 25.7 Å². The smallest absolute Gasteiger partial charge is 0.153 e. The van der Waals surface area contributed by atoms with Crippen LogP contribution in [-0.4, -0.2) is 18.9 Å². The quantitative estimate of drug-likeness (QED) is 0.673. The lowest BCUT2D eigenvalue weighted by molar-refractivity contribution is -0.116. The van der Waals surface area contributed by atoms with Crippen molar-refractivity contribution in [3.05, 3.63) is 25.6 Å². The number of carbonyl (C=O) groups is 1. The van der Waals surface area contributed by atoms with Gasteiger partial charge in [0.2, 0.25) is 0 Å². The Morgan fingerprint density at radius 3 is 2.33 bits per heavy atom. The predicted molar refractivity (Wildman–Crippen MR) is 71.4 cm³/mol. The Balaban J connectivity index is 2.36. The van der Waals surface area contributed by atoms with Gasteiger partial charge in [-0.25, -0.2) is 0 Å². The van der Waals surface area contributed by atoms with E-state index in [2.05, 4.69) is 52.7 Å². The Labute approximate surface area is 113 Å². The molecule has 1 aliphatic heterocycles. The average molecular weight is 398 g/mol. The van der Waals surface area contributed by atoms with Gasteiger partial charge in [0.15, 0.2) is 5.78 Å². The third-order valence-electron chi connectivity index (χ3n) is 2.36. The van der Waals surface area contributed by atoms with Crippen molar-refractivity contribution >= 4 is 59.3 Å². The first-order valence-corrected chi connectivity index (χ1v) is 6.87. The summed E-state index contributed by atoms with van der Waals surface area (Å²) in [5.41, 5.74) is 1.07. The summed E-state index contributed by atoms with van der Waals surface area (Å²) in [5.74, 6) is 0.306. The van der Waals surface area contributed by atoms with E-state index >= 15 is 0 Å². The Bertz CT molecular complexity index is 419. The minimum absolute atomic E-state index is 0.306. The van der Waals surface area contributed by atoms with Crippen LogP contribution in [0.2, 0.25) is 0 Å². The number of carbonyl (C=O) groups excluding carboxylic acids is 1. The highest BCUT2D eigenvalue weighted by atomic mass is 79.9. The highest BCUT2D eigenvalue weighted by Gasteiger charge is 2.21. The zero-order valence-corrected chi connectivity index (χ0v) is 12.5. The fourth-order valence-electron chi connectivity index (χ4n) is 1.59. The molecule has 15 heavy (non-hydrogen) atoms. The van der Waals surface area contributed by atoms with Gasteiger partial charge in [-0.3, -0.25) is 4.79 Å². The van der Waals surface area contributed by atoms with Gasteiger partial charge in [-0.1, -0.05) is 0 Å². The molecule has 1 aromatic carbocycles. The normalized spacial score (nSPS) is 16.2. The van der Waals surface area contributed by atoms with Gasteiger partial charge in [0, 0.05) is 26.4 Å². The van der Waals surface area contributed by atoms with Crippen LogP contribution < -0.4 is 4.90 Å². The van der Waals surface area contributed by atoms with Crippen molar-refractivity contribution < 1.29 is 4.79 Å². The van der Waals surface area contributed by atoms with Gasteiger partial charge < -0.3 is 4.90 Å². The summed E-state index contributed by atoms with van der Waals surface area (Å²) in [6.45, 7) is 1.33. The van der Waals surface area contributed by atoms with Crippen LogP contribution >= 0.6 is 47.8 Å². The minimum atomic E-state index is 0.306. The van der Waals surface area contributed by atoms with Crippen LogP contribution in [0.3, 0.4) is 0 Å². The van der Waals surface area contributed by atoms with Crippen molar-refractivity contribution in [1.82, 2.24) is 0 Å². The molecule has 0 bridgehead atoms. The van der Waals surface area contributed by atoms with Gasteiger partial charge in [0.1, 0.15) is 0 Å². The standard InChI is InChI=1S/C10H8Br3NO/c11-7-3-9(13)10(4-8(7)12)14-2-1-6(15)5-14/h3-4H,1-2,5H2. The molecule has 0 aromatic heterocycles. The molecule has 1 fully saturated rings. The molecule has 0 atom stereocenters. The number of rotatable bonds is 1. The molecule has 1 saturated heterocycles. The maximum atomic E-state index is 11.2. The molecule has 2 rings (SSSR count). The summed E-state index contributed by atoms with van der Waals surface area (Å²) in [5, 5.41) is 0. The van der Waals surface area contributed by atoms with Crippen molar-refractivity contribution in [2.24, 2.45) is 0 Å². The first-order chi connectivity index (χ1) is 7.08. The number of Topliss-reactive ketones (excluding diaryl/α,β-unsaturated/α-hetero) is 1. The third-order valence-corrected chi connectivity index (χ3v) is 4.84. The Kier molecular flexibility index (Phi) is 3.52. The first kappa shape index (κ1) is 11.6. The van der Waals surface area contributed by atoms with Crippen LogP contribution in [0.4, 0.5) is 5.69 Å². The summed E-state index contributed by atoms with van der Waals surface area (Å²) in [4.78, 5) is 13.3. The van der Waals surface area contributed by atoms with E-state index in [4.69, 9.17) is 0 Å². The fraction of sp³-hybridized carbons (Fsp3) is 0.300. The van der Waals surface area contributed by atoms with Gasteiger partial charge in [0.25, 0.3) is 0 Å². The van der Waals surface area contributed by atoms with E-state index in [-0.39, 0.29) is 0 Å². The zero-order valence-electron chi connectivity index (χ0n) is 7.77. The number of halogens is 3. The minimum Gasteiger partial charge on any atom is -0.363 e. The summed E-state index contributed by atoms with van der Waals surface area (Å²) < 4.78 is 3.01. The van der Waals surface area contributed by atoms with Crippen LogP contribution in [0.15, 0.2) is 25.6 Å². The predicted octanol–water partition coefficient (Wildman–Crippen LogP) is 3.75. The zero-order chi connectivity index (χ0) is 11.0. The number of nitrogens with zero attached hydrogens (tertiary/aromatic N) is 1. The highest BCUT2D eigenvalue weighted by Crippen LogP contribution is 2.36. The second kappa shape index (κ2) is 4.55. The molecule has 1 aliphatic rings. The summed E-state index contributed by atoms with van der Waals surface area (Å²) in [6, 6.07) is 4.01. The van der Waals surface area contributed by atoms with Crippen LogP contribution in [0, 0.1) is 0 Å². The van der Waals surface area contributed by atoms with Crippen LogP contribution in [0.5, 0.6) is 0 Å². The lowest BCUT2D eigenvalue weighted by Crippen LogP contribution is -2.19. The van der Waals surface area contributed by atoms with E-state index in [9.17, 15) is 4.79 Å². The molecule has 5 heteroatoms. The first-order valence-electron chi connectivity index (χ1n) is 4.49. The highest BCUT2D eigenvalue weighted by molar-refractivity contribution is 9.13. The second-order valence-electron chi connectivity index (χ2n) is 3.43. The van der Waals surface area contributed by atoms with E-state index in [1.807, 2.05) is 12.1 Å². The van der Waals surface area contributed by atoms with Gasteiger partial charge in [-0.2, -0.15) is 0 Å². The molecule has 0 unspecified atom stereocenters. The largest absolute Gasteiger partial charge is 0.363 e. The lowest BCUT2D eigenvalue weighted by Gasteiger charge is -2.19. The van der Waals surface area contributed by atoms with E-state index in [1.165, 1.54) is 0 Å². The molecule has 0 spiro atoms. The molecule has 0 saturated carbocycles. The SMILES string of the molecule is O=C1CCN(c2cc(Br)c(Br)cc2Br)C1. The lowest BCUT2D eigenvalue weighted by atomic mass is 10.3. The second-order valence-corrected chi connectivity index (χ2v) is 5.99. The molecule has 2 nitrogen and oxygen atoms in total. The molecular weight excluding hydrogens is 390 g/mol. The molecule has 80 valence electrons. The molecule has 1 heterocycles. The monoisotopic (exact) mass is 395 g/mol. The maximum absolute atomic E-state index is 11.2. The van der Waals surface area contributed by atoms with Crippen molar-refractivity contribution in [2.75, 3.05) is 18.0 Å². The third kappa shape index (κ3) is 2.45. The number of anilines is 1. The molecule has 0 N–H and O–H groups in total. The Morgan fingerprint density at radius 1 is 1.07 bits per heavy atom. The average Bonchev–Trinajstić information content (AvgIpc) is 2.58. The number of hydrogen-bond donors (Lipinski definition) is 0. The summed E-state index contributed by atoms with van der Waals surface area (Å²) in [6.07, 6.45) is 0.653. The fourth-order valence-corrected chi connectivity index (χ4v) is 3.17. The summed E-state index contributed by atoms with van der Waals surface area (Å²) in [7, 11) is 0. The van der Waals surface area contributed by atoms with Gasteiger partial charge in [0.05, 0.1) is 12.2 Å². The van der Waals surface area contributed by atoms with Crippen molar-refractivity contribution in [3.8, 4) is 0 Å². The van der Waals surface area contributed by atoms with Crippen LogP contribution in [0.1, 0.15) is 6.42 Å². The van der Waals surface area contributed by atoms with Crippen LogP contribution in [0.25, 0.3) is 0 Å². The number of ketones is 1. The molecule has 1 aromatic rings. The topological polar surface area (TPSA) is 20.3 Å². The van der Waals surface area contributed by atoms with Gasteiger partial charge >= 0.3 is 0 Å². The molecule has 0 amide bonds. The number of benzene rings is 1. The number of hydrogen-bond acceptors (Lipinski definition) is 2. The van der Waals surface area contributed by atoms with E-state index in [1.54, 1.807) is 0 Å². The van der Waals surface area contributed by atoms with Crippen molar-refractivity contribution in [1.29, 1.82) is 0 Å². The van der Waals surface area contributed by atoms with Crippen molar-refractivity contribution in [2.45, 2.75) is 6.42 Å². The van der Waals surface area contributed by atoms with Crippen molar-refractivity contribution in [3.63, 3.8) is 0 Å². The van der Waals surface area contributed by atoms with Crippen LogP contribution in [-0.2, 0) is 4.79 Å². The summed E-state index contributed by atoms with van der Waals surface area (Å²) >= 11 is 10.4. The van der Waals surface area contributed by atoms with E-state index < -0.39 is 0 Å². The molecule has 0 radical (unpaired) electrons.